The molecule has 0 saturated carbocycles. The summed E-state index contributed by atoms with van der Waals surface area (Å²) in [7, 11) is 0. The molecule has 4 heteroatoms. The zero-order valence-electron chi connectivity index (χ0n) is 18.3. The normalized spacial score (nSPS) is 16.7. The lowest BCUT2D eigenvalue weighted by Gasteiger charge is -2.19. The number of hydrogen-bond donors (Lipinski definition) is 0. The fraction of sp³-hybridized carbons (Fsp3) is 0.308. The van der Waals surface area contributed by atoms with Crippen LogP contribution in [0.25, 0.3) is 11.5 Å². The largest absolute Gasteiger partial charge is 0.421 e. The Hall–Kier alpha value is -3.14. The molecule has 0 bridgehead atoms. The quantitative estimate of drug-likeness (QED) is 0.621. The Balaban J connectivity index is 1.77. The smallest absolute Gasteiger partial charge is 0.348 e. The van der Waals surface area contributed by atoms with E-state index in [1.54, 1.807) is 0 Å². The number of fused-ring (bicyclic) bond motifs is 1. The Labute approximate surface area is 177 Å². The van der Waals surface area contributed by atoms with Crippen LogP contribution in [0.15, 0.2) is 59.7 Å². The monoisotopic (exact) mass is 402 g/mol. The molecule has 0 aliphatic carbocycles. The second-order valence-electron chi connectivity index (χ2n) is 9.84. The molecular formula is C26H26O4. The zero-order chi connectivity index (χ0) is 21.8. The molecule has 0 amide bonds. The summed E-state index contributed by atoms with van der Waals surface area (Å²) in [5.41, 5.74) is 4.11. The highest BCUT2D eigenvalue weighted by atomic mass is 16.6. The van der Waals surface area contributed by atoms with Gasteiger partial charge in [0.25, 0.3) is 0 Å². The van der Waals surface area contributed by atoms with Gasteiger partial charge in [-0.15, -0.1) is 0 Å². The van der Waals surface area contributed by atoms with Crippen LogP contribution in [0.4, 0.5) is 0 Å². The summed E-state index contributed by atoms with van der Waals surface area (Å²) < 4.78 is 11.0. The third-order valence-electron chi connectivity index (χ3n) is 5.53. The first-order chi connectivity index (χ1) is 14.0. The summed E-state index contributed by atoms with van der Waals surface area (Å²) in [6.45, 7) is 12.8. The number of carbonyl (C=O) groups is 2. The second kappa shape index (κ2) is 6.69. The lowest BCUT2D eigenvalue weighted by atomic mass is 9.86. The summed E-state index contributed by atoms with van der Waals surface area (Å²) in [5.74, 6) is -0.579. The van der Waals surface area contributed by atoms with Crippen molar-refractivity contribution in [1.29, 1.82) is 0 Å². The SMILES string of the molecule is CC(C)(C)c1ccc(C2=C3C(=O)OC(c4ccc(C(C)(C)C)cc4)=C3C(=O)O2)cc1. The van der Waals surface area contributed by atoms with Gasteiger partial charge in [0.15, 0.2) is 11.5 Å². The van der Waals surface area contributed by atoms with Crippen LogP contribution in [-0.4, -0.2) is 11.9 Å². The lowest BCUT2D eigenvalue weighted by Crippen LogP contribution is -2.11. The molecule has 0 aromatic heterocycles. The van der Waals surface area contributed by atoms with E-state index in [4.69, 9.17) is 9.47 Å². The van der Waals surface area contributed by atoms with E-state index in [1.807, 2.05) is 48.5 Å². The molecule has 0 atom stereocenters. The molecule has 2 aliphatic heterocycles. The van der Waals surface area contributed by atoms with Crippen LogP contribution < -0.4 is 0 Å². The fourth-order valence-corrected chi connectivity index (χ4v) is 3.66. The maximum absolute atomic E-state index is 12.7. The van der Waals surface area contributed by atoms with Crippen LogP contribution in [0.2, 0.25) is 0 Å². The van der Waals surface area contributed by atoms with Crippen molar-refractivity contribution in [2.24, 2.45) is 0 Å². The Kier molecular flexibility index (Phi) is 4.50. The van der Waals surface area contributed by atoms with Gasteiger partial charge in [0.1, 0.15) is 11.1 Å². The van der Waals surface area contributed by atoms with Gasteiger partial charge >= 0.3 is 11.9 Å². The maximum Gasteiger partial charge on any atom is 0.348 e. The van der Waals surface area contributed by atoms with E-state index in [0.29, 0.717) is 11.1 Å². The third kappa shape index (κ3) is 3.36. The first-order valence-electron chi connectivity index (χ1n) is 10.1. The molecule has 2 heterocycles. The van der Waals surface area contributed by atoms with Crippen molar-refractivity contribution in [3.05, 3.63) is 81.9 Å². The number of carbonyl (C=O) groups excluding carboxylic acids is 2. The summed E-state index contributed by atoms with van der Waals surface area (Å²) in [6, 6.07) is 15.5. The first kappa shape index (κ1) is 20.1. The van der Waals surface area contributed by atoms with E-state index in [1.165, 1.54) is 0 Å². The van der Waals surface area contributed by atoms with Crippen LogP contribution >= 0.6 is 0 Å². The zero-order valence-corrected chi connectivity index (χ0v) is 18.3. The van der Waals surface area contributed by atoms with Crippen LogP contribution in [-0.2, 0) is 29.9 Å². The van der Waals surface area contributed by atoms with Crippen LogP contribution in [0.1, 0.15) is 63.8 Å². The fourth-order valence-electron chi connectivity index (χ4n) is 3.66. The van der Waals surface area contributed by atoms with Crippen molar-refractivity contribution in [2.75, 3.05) is 0 Å². The van der Waals surface area contributed by atoms with Crippen LogP contribution in [0.3, 0.4) is 0 Å². The van der Waals surface area contributed by atoms with E-state index in [2.05, 4.69) is 41.5 Å². The number of benzene rings is 2. The minimum Gasteiger partial charge on any atom is -0.421 e. The second-order valence-corrected chi connectivity index (χ2v) is 9.84. The summed E-state index contributed by atoms with van der Waals surface area (Å²) >= 11 is 0. The van der Waals surface area contributed by atoms with Crippen molar-refractivity contribution in [2.45, 2.75) is 52.4 Å². The lowest BCUT2D eigenvalue weighted by molar-refractivity contribution is -0.131. The molecule has 0 unspecified atom stereocenters. The minimum absolute atomic E-state index is 0.00638. The molecule has 0 fully saturated rings. The third-order valence-corrected chi connectivity index (χ3v) is 5.53. The van der Waals surface area contributed by atoms with Gasteiger partial charge in [0, 0.05) is 11.1 Å². The molecular weight excluding hydrogens is 376 g/mol. The van der Waals surface area contributed by atoms with Gasteiger partial charge in [-0.1, -0.05) is 90.1 Å². The Morgan fingerprint density at radius 1 is 0.533 bits per heavy atom. The molecule has 4 nitrogen and oxygen atoms in total. The van der Waals surface area contributed by atoms with Gasteiger partial charge in [-0.05, 0) is 22.0 Å². The highest BCUT2D eigenvalue weighted by Crippen LogP contribution is 2.43. The van der Waals surface area contributed by atoms with E-state index in [-0.39, 0.29) is 33.5 Å². The summed E-state index contributed by atoms with van der Waals surface area (Å²) in [4.78, 5) is 25.3. The Morgan fingerprint density at radius 2 is 0.833 bits per heavy atom. The predicted octanol–water partition coefficient (Wildman–Crippen LogP) is 5.52. The van der Waals surface area contributed by atoms with E-state index in [9.17, 15) is 9.59 Å². The topological polar surface area (TPSA) is 52.6 Å². The predicted molar refractivity (Wildman–Crippen MR) is 116 cm³/mol. The summed E-state index contributed by atoms with van der Waals surface area (Å²) in [6.07, 6.45) is 0. The van der Waals surface area contributed by atoms with Crippen molar-refractivity contribution in [3.63, 3.8) is 0 Å². The van der Waals surface area contributed by atoms with Crippen molar-refractivity contribution in [3.8, 4) is 0 Å². The Morgan fingerprint density at radius 3 is 1.10 bits per heavy atom. The highest BCUT2D eigenvalue weighted by molar-refractivity contribution is 6.24. The number of hydrogen-bond acceptors (Lipinski definition) is 4. The van der Waals surface area contributed by atoms with Gasteiger partial charge in [-0.25, -0.2) is 9.59 Å². The molecule has 0 radical (unpaired) electrons. The molecule has 2 aliphatic rings. The molecule has 4 rings (SSSR count). The molecule has 0 N–H and O–H groups in total. The van der Waals surface area contributed by atoms with E-state index < -0.39 is 11.9 Å². The maximum atomic E-state index is 12.7. The minimum atomic E-state index is -0.555. The molecule has 2 aromatic rings. The molecule has 154 valence electrons. The van der Waals surface area contributed by atoms with Gasteiger partial charge < -0.3 is 9.47 Å². The van der Waals surface area contributed by atoms with Gasteiger partial charge in [0.05, 0.1) is 0 Å². The first-order valence-corrected chi connectivity index (χ1v) is 10.1. The molecule has 0 spiro atoms. The standard InChI is InChI=1S/C26H26O4/c1-25(2,3)17-11-7-15(8-12-17)21-19-20(24(28)29-21)22(30-23(19)27)16-9-13-18(14-10-16)26(4,5)6/h7-14H,1-6H3. The molecule has 0 saturated heterocycles. The number of esters is 2. The van der Waals surface area contributed by atoms with Crippen LogP contribution in [0.5, 0.6) is 0 Å². The highest BCUT2D eigenvalue weighted by Gasteiger charge is 2.45. The molecule has 30 heavy (non-hydrogen) atoms. The van der Waals surface area contributed by atoms with Gasteiger partial charge in [0.2, 0.25) is 0 Å². The van der Waals surface area contributed by atoms with Crippen molar-refractivity contribution in [1.82, 2.24) is 0 Å². The van der Waals surface area contributed by atoms with Crippen LogP contribution in [0, 0.1) is 0 Å². The number of rotatable bonds is 2. The number of ether oxygens (including phenoxy) is 2. The van der Waals surface area contributed by atoms with E-state index >= 15 is 0 Å². The average molecular weight is 402 g/mol. The number of cyclic esters (lactones) is 2. The van der Waals surface area contributed by atoms with E-state index in [0.717, 1.165) is 11.1 Å². The van der Waals surface area contributed by atoms with Crippen molar-refractivity contribution >= 4 is 23.5 Å². The van der Waals surface area contributed by atoms with Gasteiger partial charge in [-0.2, -0.15) is 0 Å². The Bertz CT molecular complexity index is 1010. The summed E-state index contributed by atoms with van der Waals surface area (Å²) in [5, 5.41) is 0. The molecule has 2 aromatic carbocycles. The average Bonchev–Trinajstić information content (AvgIpc) is 3.19. The van der Waals surface area contributed by atoms with Gasteiger partial charge in [-0.3, -0.25) is 0 Å². The van der Waals surface area contributed by atoms with Crippen molar-refractivity contribution < 1.29 is 19.1 Å².